The number of carbonyl (C=O) groups excluding carboxylic acids is 2. The van der Waals surface area contributed by atoms with E-state index in [0.717, 1.165) is 53.9 Å². The summed E-state index contributed by atoms with van der Waals surface area (Å²) in [7, 11) is 1.96. The Morgan fingerprint density at radius 2 is 2.03 bits per heavy atom. The maximum absolute atomic E-state index is 13.0. The molecule has 0 radical (unpaired) electrons. The molecule has 2 saturated heterocycles. The van der Waals surface area contributed by atoms with Crippen LogP contribution in [0.4, 0.5) is 17.3 Å². The molecule has 0 spiro atoms. The molecule has 0 saturated carbocycles. The fourth-order valence-electron chi connectivity index (χ4n) is 5.93. The number of nitrogens with one attached hydrogen (secondary N) is 2. The van der Waals surface area contributed by atoms with E-state index in [0.29, 0.717) is 48.3 Å². The van der Waals surface area contributed by atoms with Crippen LogP contribution in [0, 0.1) is 5.92 Å². The molecule has 198 valence electrons. The Morgan fingerprint density at radius 1 is 1.13 bits per heavy atom. The zero-order valence-corrected chi connectivity index (χ0v) is 21.9. The largest absolute Gasteiger partial charge is 0.348 e. The molecule has 0 aliphatic carbocycles. The minimum atomic E-state index is -0.147. The minimum absolute atomic E-state index is 0.107. The molecule has 10 nitrogen and oxygen atoms in total. The van der Waals surface area contributed by atoms with Crippen molar-refractivity contribution in [3.8, 4) is 11.3 Å². The first kappa shape index (κ1) is 23.8. The van der Waals surface area contributed by atoms with Crippen LogP contribution >= 0.6 is 0 Å². The highest BCUT2D eigenvalue weighted by Crippen LogP contribution is 2.36. The molecule has 7 rings (SSSR count). The molecule has 1 atom stereocenters. The smallest absolute Gasteiger partial charge is 0.254 e. The lowest BCUT2D eigenvalue weighted by molar-refractivity contribution is -0.120. The van der Waals surface area contributed by atoms with Crippen LogP contribution in [-0.4, -0.2) is 62.4 Å². The monoisotopic (exact) mass is 522 g/mol. The topological polar surface area (TPSA) is 108 Å². The number of hydrogen-bond acceptors (Lipinski definition) is 7. The number of aromatic nitrogens is 4. The minimum Gasteiger partial charge on any atom is -0.348 e. The molecule has 4 aromatic rings. The average Bonchev–Trinajstić information content (AvgIpc) is 3.51. The number of rotatable bonds is 6. The third-order valence-corrected chi connectivity index (χ3v) is 8.10. The Bertz CT molecular complexity index is 1610. The van der Waals surface area contributed by atoms with Crippen LogP contribution in [0.2, 0.25) is 0 Å². The fourth-order valence-corrected chi connectivity index (χ4v) is 5.93. The predicted octanol–water partition coefficient (Wildman–Crippen LogP) is 3.47. The van der Waals surface area contributed by atoms with E-state index in [9.17, 15) is 9.59 Å². The summed E-state index contributed by atoms with van der Waals surface area (Å²) in [5.41, 5.74) is 4.57. The Hall–Kier alpha value is -4.31. The van der Waals surface area contributed by atoms with Gasteiger partial charge in [0.25, 0.3) is 5.91 Å². The number of anilines is 3. The Balaban J connectivity index is 1.19. The van der Waals surface area contributed by atoms with Crippen LogP contribution in [0.5, 0.6) is 0 Å². The van der Waals surface area contributed by atoms with Crippen LogP contribution in [0.1, 0.15) is 35.2 Å². The van der Waals surface area contributed by atoms with Gasteiger partial charge in [-0.3, -0.25) is 19.5 Å². The Labute approximate surface area is 226 Å². The fraction of sp³-hybridized carbons (Fsp3) is 0.345. The van der Waals surface area contributed by atoms with E-state index in [2.05, 4.69) is 20.5 Å². The van der Waals surface area contributed by atoms with Crippen molar-refractivity contribution in [2.45, 2.75) is 25.8 Å². The quantitative estimate of drug-likeness (QED) is 0.399. The van der Waals surface area contributed by atoms with Crippen molar-refractivity contribution >= 4 is 40.2 Å². The molecular formula is C29H30N8O2. The summed E-state index contributed by atoms with van der Waals surface area (Å²) < 4.78 is 1.97. The number of aryl methyl sites for hydroxylation is 1. The summed E-state index contributed by atoms with van der Waals surface area (Å²) in [4.78, 5) is 44.1. The van der Waals surface area contributed by atoms with Crippen molar-refractivity contribution in [1.29, 1.82) is 0 Å². The van der Waals surface area contributed by atoms with Gasteiger partial charge < -0.3 is 20.1 Å². The van der Waals surface area contributed by atoms with E-state index in [-0.39, 0.29) is 11.8 Å². The number of hydrogen-bond donors (Lipinski definition) is 2. The van der Waals surface area contributed by atoms with Gasteiger partial charge in [-0.25, -0.2) is 9.97 Å². The predicted molar refractivity (Wildman–Crippen MR) is 149 cm³/mol. The number of piperidine rings is 1. The van der Waals surface area contributed by atoms with Crippen LogP contribution in [0.25, 0.3) is 22.3 Å². The van der Waals surface area contributed by atoms with Crippen molar-refractivity contribution in [2.24, 2.45) is 13.0 Å². The summed E-state index contributed by atoms with van der Waals surface area (Å²) >= 11 is 0. The number of pyridine rings is 3. The van der Waals surface area contributed by atoms with Gasteiger partial charge >= 0.3 is 0 Å². The van der Waals surface area contributed by atoms with Gasteiger partial charge in [0.15, 0.2) is 0 Å². The SMILES string of the molecule is Cn1ccc2c(-c3ncc(Nc4cccc(N5CC(CN6CCC6)CCC5=O)n4)c4c3CNC4=O)ccnc21. The summed E-state index contributed by atoms with van der Waals surface area (Å²) in [6.07, 6.45) is 8.17. The summed E-state index contributed by atoms with van der Waals surface area (Å²) in [5, 5.41) is 7.26. The molecular weight excluding hydrogens is 492 g/mol. The summed E-state index contributed by atoms with van der Waals surface area (Å²) in [6, 6.07) is 9.58. The molecule has 2 amide bonds. The first-order valence-corrected chi connectivity index (χ1v) is 13.5. The highest BCUT2D eigenvalue weighted by atomic mass is 16.2. The molecule has 3 aliphatic rings. The van der Waals surface area contributed by atoms with Gasteiger partial charge in [-0.15, -0.1) is 0 Å². The van der Waals surface area contributed by atoms with Crippen molar-refractivity contribution in [1.82, 2.24) is 29.7 Å². The Morgan fingerprint density at radius 3 is 2.87 bits per heavy atom. The second kappa shape index (κ2) is 9.46. The van der Waals surface area contributed by atoms with Gasteiger partial charge in [-0.2, -0.15) is 0 Å². The highest BCUT2D eigenvalue weighted by Gasteiger charge is 2.31. The van der Waals surface area contributed by atoms with Crippen LogP contribution in [-0.2, 0) is 18.4 Å². The van der Waals surface area contributed by atoms with E-state index in [1.54, 1.807) is 12.4 Å². The second-order valence-electron chi connectivity index (χ2n) is 10.6. The molecule has 4 aromatic heterocycles. The van der Waals surface area contributed by atoms with Gasteiger partial charge in [0.1, 0.15) is 17.3 Å². The zero-order chi connectivity index (χ0) is 26.5. The molecule has 39 heavy (non-hydrogen) atoms. The number of amides is 2. The lowest BCUT2D eigenvalue weighted by atomic mass is 9.95. The highest BCUT2D eigenvalue weighted by molar-refractivity contribution is 6.06. The molecule has 10 heteroatoms. The maximum Gasteiger partial charge on any atom is 0.254 e. The van der Waals surface area contributed by atoms with E-state index in [4.69, 9.17) is 9.97 Å². The standard InChI is InChI=1S/C29H30N8O2/c1-35-13-9-20-19(8-10-30-28(20)35)27-21-14-32-29(39)26(21)22(15-31-27)33-23-4-2-5-24(34-23)37-17-18(6-7-25(37)38)16-36-11-3-12-36/h2,4-5,8-10,13,15,18H,3,6-7,11-12,14,16-17H2,1H3,(H,32,39)(H,33,34). The molecule has 3 aliphatic heterocycles. The van der Waals surface area contributed by atoms with Crippen molar-refractivity contribution in [3.63, 3.8) is 0 Å². The lowest BCUT2D eigenvalue weighted by Gasteiger charge is -2.38. The van der Waals surface area contributed by atoms with Gasteiger partial charge in [-0.05, 0) is 56.1 Å². The molecule has 2 fully saturated rings. The first-order chi connectivity index (χ1) is 19.0. The number of fused-ring (bicyclic) bond motifs is 2. The summed E-state index contributed by atoms with van der Waals surface area (Å²) in [6.45, 7) is 4.43. The average molecular weight is 523 g/mol. The molecule has 2 N–H and O–H groups in total. The van der Waals surface area contributed by atoms with Gasteiger partial charge in [0, 0.05) is 62.0 Å². The van der Waals surface area contributed by atoms with E-state index in [1.165, 1.54) is 6.42 Å². The van der Waals surface area contributed by atoms with Gasteiger partial charge in [0.2, 0.25) is 5.91 Å². The zero-order valence-electron chi connectivity index (χ0n) is 21.9. The third kappa shape index (κ3) is 4.21. The number of likely N-dealkylation sites (tertiary alicyclic amines) is 1. The second-order valence-corrected chi connectivity index (χ2v) is 10.6. The molecule has 7 heterocycles. The van der Waals surface area contributed by atoms with Crippen LogP contribution in [0.15, 0.2) is 48.9 Å². The van der Waals surface area contributed by atoms with Gasteiger partial charge in [0.05, 0.1) is 23.1 Å². The van der Waals surface area contributed by atoms with E-state index in [1.807, 2.05) is 53.0 Å². The number of nitrogens with zero attached hydrogens (tertiary/aromatic N) is 6. The molecule has 0 bridgehead atoms. The maximum atomic E-state index is 13.0. The van der Waals surface area contributed by atoms with Crippen molar-refractivity contribution < 1.29 is 9.59 Å². The van der Waals surface area contributed by atoms with E-state index < -0.39 is 0 Å². The Kier molecular flexibility index (Phi) is 5.77. The van der Waals surface area contributed by atoms with Crippen molar-refractivity contribution in [2.75, 3.05) is 36.4 Å². The third-order valence-electron chi connectivity index (χ3n) is 8.10. The normalized spacial score (nSPS) is 19.2. The van der Waals surface area contributed by atoms with Crippen molar-refractivity contribution in [3.05, 3.63) is 60.0 Å². The molecule has 1 unspecified atom stereocenters. The first-order valence-electron chi connectivity index (χ1n) is 13.5. The number of carbonyl (C=O) groups is 2. The lowest BCUT2D eigenvalue weighted by Crippen LogP contribution is -2.47. The van der Waals surface area contributed by atoms with Crippen LogP contribution < -0.4 is 15.5 Å². The van der Waals surface area contributed by atoms with E-state index >= 15 is 0 Å². The molecule has 0 aromatic carbocycles. The van der Waals surface area contributed by atoms with Gasteiger partial charge in [-0.1, -0.05) is 6.07 Å². The van der Waals surface area contributed by atoms with Crippen LogP contribution in [0.3, 0.4) is 0 Å². The summed E-state index contributed by atoms with van der Waals surface area (Å²) in [5.74, 6) is 1.61.